The molecular weight excluding hydrogens is 198 g/mol. The fourth-order valence-corrected chi connectivity index (χ4v) is 1.66. The second-order valence-corrected chi connectivity index (χ2v) is 5.59. The van der Waals surface area contributed by atoms with E-state index < -0.39 is 0 Å². The van der Waals surface area contributed by atoms with Gasteiger partial charge in [-0.2, -0.15) is 0 Å². The lowest BCUT2D eigenvalue weighted by molar-refractivity contribution is 0.299. The molecule has 16 heavy (non-hydrogen) atoms. The summed E-state index contributed by atoms with van der Waals surface area (Å²) >= 11 is 0. The Bertz CT molecular complexity index is 375. The minimum absolute atomic E-state index is 0.161. The number of hydrogen-bond acceptors (Lipinski definition) is 2. The largest absolute Gasteiger partial charge is 0.490 e. The van der Waals surface area contributed by atoms with Crippen LogP contribution in [-0.4, -0.2) is 6.10 Å². The molecule has 1 aliphatic rings. The Labute approximate surface area is 97.8 Å². The molecule has 0 spiro atoms. The summed E-state index contributed by atoms with van der Waals surface area (Å²) in [6.07, 6.45) is 2.80. The zero-order valence-corrected chi connectivity index (χ0v) is 10.4. The van der Waals surface area contributed by atoms with E-state index in [1.807, 2.05) is 0 Å². The molecule has 2 rings (SSSR count). The predicted octanol–water partition coefficient (Wildman–Crippen LogP) is 2.98. The standard InChI is InChI=1S/C14H21NO/c1-14(2,3)11-5-4-10(9-15)13(8-11)16-12-6-7-12/h4-5,8,12H,6-7,9,15H2,1-3H3. The summed E-state index contributed by atoms with van der Waals surface area (Å²) in [5.74, 6) is 0.984. The monoisotopic (exact) mass is 219 g/mol. The first-order valence-corrected chi connectivity index (χ1v) is 6.01. The number of hydrogen-bond donors (Lipinski definition) is 1. The molecule has 0 unspecified atom stereocenters. The lowest BCUT2D eigenvalue weighted by Crippen LogP contribution is -2.12. The Morgan fingerprint density at radius 3 is 2.50 bits per heavy atom. The van der Waals surface area contributed by atoms with Gasteiger partial charge < -0.3 is 10.5 Å². The van der Waals surface area contributed by atoms with E-state index in [1.165, 1.54) is 18.4 Å². The molecule has 1 saturated carbocycles. The first-order chi connectivity index (χ1) is 7.50. The van der Waals surface area contributed by atoms with Gasteiger partial charge in [-0.25, -0.2) is 0 Å². The minimum Gasteiger partial charge on any atom is -0.490 e. The second kappa shape index (κ2) is 4.10. The van der Waals surface area contributed by atoms with Gasteiger partial charge in [0.25, 0.3) is 0 Å². The quantitative estimate of drug-likeness (QED) is 0.848. The number of nitrogens with two attached hydrogens (primary N) is 1. The maximum Gasteiger partial charge on any atom is 0.124 e. The Morgan fingerprint density at radius 1 is 1.31 bits per heavy atom. The predicted molar refractivity (Wildman–Crippen MR) is 66.7 cm³/mol. The van der Waals surface area contributed by atoms with Crippen LogP contribution in [0, 0.1) is 0 Å². The molecule has 0 aromatic heterocycles. The van der Waals surface area contributed by atoms with E-state index in [1.54, 1.807) is 0 Å². The Morgan fingerprint density at radius 2 is 2.00 bits per heavy atom. The summed E-state index contributed by atoms with van der Waals surface area (Å²) in [5.41, 5.74) is 8.30. The van der Waals surface area contributed by atoms with Crippen molar-refractivity contribution in [3.8, 4) is 5.75 Å². The van der Waals surface area contributed by atoms with Gasteiger partial charge in [0.2, 0.25) is 0 Å². The van der Waals surface area contributed by atoms with Gasteiger partial charge in [-0.05, 0) is 29.9 Å². The van der Waals surface area contributed by atoms with Gasteiger partial charge in [-0.15, -0.1) is 0 Å². The number of benzene rings is 1. The summed E-state index contributed by atoms with van der Waals surface area (Å²) in [5, 5.41) is 0. The maximum atomic E-state index is 5.90. The van der Waals surface area contributed by atoms with Crippen LogP contribution < -0.4 is 10.5 Å². The van der Waals surface area contributed by atoms with Gasteiger partial charge in [0.1, 0.15) is 5.75 Å². The Balaban J connectivity index is 2.29. The van der Waals surface area contributed by atoms with Crippen LogP contribution in [0.15, 0.2) is 18.2 Å². The van der Waals surface area contributed by atoms with Crippen molar-refractivity contribution in [2.45, 2.75) is 51.7 Å². The van der Waals surface area contributed by atoms with Crippen LogP contribution in [0.1, 0.15) is 44.7 Å². The molecule has 0 heterocycles. The van der Waals surface area contributed by atoms with Crippen molar-refractivity contribution in [3.05, 3.63) is 29.3 Å². The van der Waals surface area contributed by atoms with Gasteiger partial charge in [-0.1, -0.05) is 32.9 Å². The smallest absolute Gasteiger partial charge is 0.124 e. The third-order valence-electron chi connectivity index (χ3n) is 2.97. The highest BCUT2D eigenvalue weighted by Gasteiger charge is 2.25. The van der Waals surface area contributed by atoms with Gasteiger partial charge >= 0.3 is 0 Å². The van der Waals surface area contributed by atoms with Gasteiger partial charge in [0.15, 0.2) is 0 Å². The molecule has 0 amide bonds. The minimum atomic E-state index is 0.161. The highest BCUT2D eigenvalue weighted by Crippen LogP contribution is 2.32. The van der Waals surface area contributed by atoms with Crippen LogP contribution in [0.2, 0.25) is 0 Å². The Hall–Kier alpha value is -1.02. The van der Waals surface area contributed by atoms with E-state index in [0.29, 0.717) is 12.6 Å². The lowest BCUT2D eigenvalue weighted by Gasteiger charge is -2.21. The molecule has 0 atom stereocenters. The van der Waals surface area contributed by atoms with Crippen molar-refractivity contribution in [1.29, 1.82) is 0 Å². The van der Waals surface area contributed by atoms with Gasteiger partial charge in [0, 0.05) is 12.1 Å². The first-order valence-electron chi connectivity index (χ1n) is 6.01. The molecule has 2 nitrogen and oxygen atoms in total. The SMILES string of the molecule is CC(C)(C)c1ccc(CN)c(OC2CC2)c1. The molecule has 1 fully saturated rings. The fraction of sp³-hybridized carbons (Fsp3) is 0.571. The zero-order valence-electron chi connectivity index (χ0n) is 10.4. The summed E-state index contributed by atoms with van der Waals surface area (Å²) in [6, 6.07) is 6.40. The molecule has 1 aliphatic carbocycles. The fourth-order valence-electron chi connectivity index (χ4n) is 1.66. The van der Waals surface area contributed by atoms with E-state index in [-0.39, 0.29) is 5.41 Å². The summed E-state index contributed by atoms with van der Waals surface area (Å²) < 4.78 is 5.90. The van der Waals surface area contributed by atoms with Crippen molar-refractivity contribution in [2.75, 3.05) is 0 Å². The van der Waals surface area contributed by atoms with Gasteiger partial charge in [-0.3, -0.25) is 0 Å². The number of rotatable bonds is 3. The Kier molecular flexibility index (Phi) is 2.94. The average molecular weight is 219 g/mol. The van der Waals surface area contributed by atoms with Crippen molar-refractivity contribution in [3.63, 3.8) is 0 Å². The topological polar surface area (TPSA) is 35.2 Å². The maximum absolute atomic E-state index is 5.90. The van der Waals surface area contributed by atoms with E-state index >= 15 is 0 Å². The molecular formula is C14H21NO. The van der Waals surface area contributed by atoms with E-state index in [9.17, 15) is 0 Å². The first kappa shape index (κ1) is 11.5. The van der Waals surface area contributed by atoms with Gasteiger partial charge in [0.05, 0.1) is 6.10 Å². The summed E-state index contributed by atoms with van der Waals surface area (Å²) in [7, 11) is 0. The molecule has 0 saturated heterocycles. The second-order valence-electron chi connectivity index (χ2n) is 5.59. The average Bonchev–Trinajstić information content (AvgIpc) is 3.00. The third kappa shape index (κ3) is 2.56. The highest BCUT2D eigenvalue weighted by atomic mass is 16.5. The molecule has 0 bridgehead atoms. The molecule has 0 aliphatic heterocycles. The van der Waals surface area contributed by atoms with Crippen LogP contribution >= 0.6 is 0 Å². The lowest BCUT2D eigenvalue weighted by atomic mass is 9.86. The zero-order chi connectivity index (χ0) is 11.8. The van der Waals surface area contributed by atoms with Crippen LogP contribution in [0.4, 0.5) is 0 Å². The summed E-state index contributed by atoms with van der Waals surface area (Å²) in [6.45, 7) is 7.19. The van der Waals surface area contributed by atoms with E-state index in [4.69, 9.17) is 10.5 Å². The van der Waals surface area contributed by atoms with Crippen molar-refractivity contribution in [1.82, 2.24) is 0 Å². The molecule has 88 valence electrons. The van der Waals surface area contributed by atoms with Crippen LogP contribution in [0.3, 0.4) is 0 Å². The molecule has 1 aromatic rings. The highest BCUT2D eigenvalue weighted by molar-refractivity contribution is 5.40. The molecule has 0 radical (unpaired) electrons. The van der Waals surface area contributed by atoms with Crippen LogP contribution in [0.25, 0.3) is 0 Å². The molecule has 2 N–H and O–H groups in total. The normalized spacial score (nSPS) is 16.2. The molecule has 2 heteroatoms. The van der Waals surface area contributed by atoms with Crippen molar-refractivity contribution in [2.24, 2.45) is 5.73 Å². The van der Waals surface area contributed by atoms with E-state index in [2.05, 4.69) is 39.0 Å². The van der Waals surface area contributed by atoms with Crippen LogP contribution in [0.5, 0.6) is 5.75 Å². The van der Waals surface area contributed by atoms with Crippen molar-refractivity contribution >= 4 is 0 Å². The number of ether oxygens (including phenoxy) is 1. The molecule has 1 aromatic carbocycles. The van der Waals surface area contributed by atoms with Crippen molar-refractivity contribution < 1.29 is 4.74 Å². The van der Waals surface area contributed by atoms with Crippen LogP contribution in [-0.2, 0) is 12.0 Å². The summed E-state index contributed by atoms with van der Waals surface area (Å²) in [4.78, 5) is 0. The van der Waals surface area contributed by atoms with E-state index in [0.717, 1.165) is 11.3 Å². The third-order valence-corrected chi connectivity index (χ3v) is 2.97.